The number of hydrogen-bond acceptors (Lipinski definition) is 3. The van der Waals surface area contributed by atoms with Gasteiger partial charge in [-0.1, -0.05) is 0 Å². The summed E-state index contributed by atoms with van der Waals surface area (Å²) >= 11 is 0. The average molecular weight is 198 g/mol. The van der Waals surface area contributed by atoms with E-state index in [0.717, 1.165) is 0 Å². The van der Waals surface area contributed by atoms with Crippen molar-refractivity contribution in [3.63, 3.8) is 0 Å². The molecule has 0 radical (unpaired) electrons. The summed E-state index contributed by atoms with van der Waals surface area (Å²) in [7, 11) is 1.36. The van der Waals surface area contributed by atoms with Crippen molar-refractivity contribution in [3.8, 4) is 11.5 Å². The summed E-state index contributed by atoms with van der Waals surface area (Å²) in [6.45, 7) is 2.01. The first-order valence-corrected chi connectivity index (χ1v) is 4.19. The van der Waals surface area contributed by atoms with Gasteiger partial charge in [0, 0.05) is 0 Å². The minimum Gasteiger partial charge on any atom is -0.494 e. The van der Waals surface area contributed by atoms with E-state index in [0.29, 0.717) is 12.9 Å². The molecule has 4 heteroatoms. The maximum absolute atomic E-state index is 13.5. The summed E-state index contributed by atoms with van der Waals surface area (Å²) in [5, 5.41) is 0. The number of benzene rings is 1. The predicted octanol–water partition coefficient (Wildman–Crippen LogP) is 2.05. The van der Waals surface area contributed by atoms with E-state index < -0.39 is 5.82 Å². The fourth-order valence-electron chi connectivity index (χ4n) is 1.09. The molecule has 1 aromatic rings. The van der Waals surface area contributed by atoms with Gasteiger partial charge in [-0.15, -0.1) is 0 Å². The van der Waals surface area contributed by atoms with E-state index in [9.17, 15) is 9.18 Å². The van der Waals surface area contributed by atoms with Crippen molar-refractivity contribution in [3.05, 3.63) is 23.5 Å². The van der Waals surface area contributed by atoms with Crippen molar-refractivity contribution in [1.29, 1.82) is 0 Å². The number of hydrogen-bond donors (Lipinski definition) is 0. The van der Waals surface area contributed by atoms with Crippen LogP contribution in [0.15, 0.2) is 12.1 Å². The van der Waals surface area contributed by atoms with E-state index in [1.807, 2.05) is 0 Å². The third-order valence-corrected chi connectivity index (χ3v) is 1.73. The molecular formula is C10H11FO3. The molecule has 0 spiro atoms. The minimum absolute atomic E-state index is 0.0538. The number of aldehydes is 1. The molecule has 0 heterocycles. The van der Waals surface area contributed by atoms with Crippen LogP contribution in [-0.4, -0.2) is 20.0 Å². The fourth-order valence-corrected chi connectivity index (χ4v) is 1.09. The Morgan fingerprint density at radius 1 is 1.50 bits per heavy atom. The normalized spacial score (nSPS) is 9.64. The highest BCUT2D eigenvalue weighted by atomic mass is 19.1. The van der Waals surface area contributed by atoms with Gasteiger partial charge in [0.1, 0.15) is 0 Å². The standard InChI is InChI=1S/C10H11FO3/c1-3-14-10-7(6-12)4-5-8(13-2)9(10)11/h4-6H,3H2,1-2H3. The maximum atomic E-state index is 13.5. The highest BCUT2D eigenvalue weighted by Crippen LogP contribution is 2.29. The van der Waals surface area contributed by atoms with Gasteiger partial charge in [-0.3, -0.25) is 4.79 Å². The van der Waals surface area contributed by atoms with Crippen molar-refractivity contribution in [2.24, 2.45) is 0 Å². The van der Waals surface area contributed by atoms with E-state index in [-0.39, 0.29) is 17.1 Å². The molecule has 14 heavy (non-hydrogen) atoms. The molecule has 0 aromatic heterocycles. The molecule has 0 unspecified atom stereocenters. The lowest BCUT2D eigenvalue weighted by atomic mass is 10.2. The molecule has 0 aliphatic heterocycles. The Kier molecular flexibility index (Phi) is 3.45. The Morgan fingerprint density at radius 3 is 2.71 bits per heavy atom. The molecular weight excluding hydrogens is 187 g/mol. The average Bonchev–Trinajstić information content (AvgIpc) is 2.21. The molecule has 0 aliphatic carbocycles. The van der Waals surface area contributed by atoms with Crippen LogP contribution in [0.5, 0.6) is 11.5 Å². The second-order valence-corrected chi connectivity index (χ2v) is 2.55. The second-order valence-electron chi connectivity index (χ2n) is 2.55. The summed E-state index contributed by atoms with van der Waals surface area (Å²) in [5.41, 5.74) is 0.185. The Labute approximate surface area is 81.4 Å². The Hall–Kier alpha value is -1.58. The monoisotopic (exact) mass is 198 g/mol. The third kappa shape index (κ3) is 1.84. The van der Waals surface area contributed by atoms with Crippen LogP contribution in [0.2, 0.25) is 0 Å². The molecule has 0 fully saturated rings. The molecule has 1 rings (SSSR count). The van der Waals surface area contributed by atoms with Gasteiger partial charge in [-0.2, -0.15) is 4.39 Å². The number of halogens is 1. The summed E-state index contributed by atoms with van der Waals surface area (Å²) in [6, 6.07) is 2.85. The molecule has 0 saturated heterocycles. The lowest BCUT2D eigenvalue weighted by Gasteiger charge is -2.09. The van der Waals surface area contributed by atoms with Crippen molar-refractivity contribution in [2.45, 2.75) is 6.92 Å². The molecule has 76 valence electrons. The zero-order valence-corrected chi connectivity index (χ0v) is 8.04. The molecule has 0 saturated carbocycles. The fraction of sp³-hybridized carbons (Fsp3) is 0.300. The molecule has 0 bridgehead atoms. The topological polar surface area (TPSA) is 35.5 Å². The van der Waals surface area contributed by atoms with Gasteiger partial charge in [-0.25, -0.2) is 0 Å². The largest absolute Gasteiger partial charge is 0.494 e. The van der Waals surface area contributed by atoms with E-state index in [1.165, 1.54) is 19.2 Å². The molecule has 3 nitrogen and oxygen atoms in total. The zero-order chi connectivity index (χ0) is 10.6. The van der Waals surface area contributed by atoms with Gasteiger partial charge in [0.15, 0.2) is 17.8 Å². The van der Waals surface area contributed by atoms with Gasteiger partial charge < -0.3 is 9.47 Å². The lowest BCUT2D eigenvalue weighted by Crippen LogP contribution is -2.00. The smallest absolute Gasteiger partial charge is 0.207 e. The van der Waals surface area contributed by atoms with Crippen LogP contribution < -0.4 is 9.47 Å². The van der Waals surface area contributed by atoms with Gasteiger partial charge in [0.05, 0.1) is 19.3 Å². The van der Waals surface area contributed by atoms with Crippen LogP contribution in [0.1, 0.15) is 17.3 Å². The summed E-state index contributed by atoms with van der Waals surface area (Å²) in [4.78, 5) is 10.6. The second kappa shape index (κ2) is 4.60. The Bertz CT molecular complexity index is 336. The van der Waals surface area contributed by atoms with Gasteiger partial charge in [0.2, 0.25) is 5.82 Å². The maximum Gasteiger partial charge on any atom is 0.207 e. The first kappa shape index (κ1) is 10.5. The van der Waals surface area contributed by atoms with Crippen molar-refractivity contribution >= 4 is 6.29 Å². The predicted molar refractivity (Wildman–Crippen MR) is 49.5 cm³/mol. The highest BCUT2D eigenvalue weighted by Gasteiger charge is 2.14. The van der Waals surface area contributed by atoms with Crippen LogP contribution in [0.3, 0.4) is 0 Å². The molecule has 0 N–H and O–H groups in total. The number of methoxy groups -OCH3 is 1. The molecule has 0 amide bonds. The first-order chi connectivity index (χ1) is 6.74. The van der Waals surface area contributed by atoms with E-state index in [4.69, 9.17) is 9.47 Å². The van der Waals surface area contributed by atoms with Gasteiger partial charge >= 0.3 is 0 Å². The summed E-state index contributed by atoms with van der Waals surface area (Å²) < 4.78 is 23.3. The Morgan fingerprint density at radius 2 is 2.21 bits per heavy atom. The summed E-state index contributed by atoms with van der Waals surface area (Å²) in [6.07, 6.45) is 0.549. The number of carbonyl (C=O) groups excluding carboxylic acids is 1. The van der Waals surface area contributed by atoms with Crippen LogP contribution in [-0.2, 0) is 0 Å². The van der Waals surface area contributed by atoms with E-state index >= 15 is 0 Å². The number of carbonyl (C=O) groups is 1. The van der Waals surface area contributed by atoms with Crippen LogP contribution in [0.4, 0.5) is 4.39 Å². The molecule has 0 aliphatic rings. The third-order valence-electron chi connectivity index (χ3n) is 1.73. The summed E-state index contributed by atoms with van der Waals surface area (Å²) in [5.74, 6) is -0.625. The SMILES string of the molecule is CCOc1c(C=O)ccc(OC)c1F. The van der Waals surface area contributed by atoms with Crippen molar-refractivity contribution in [1.82, 2.24) is 0 Å². The number of ether oxygens (including phenoxy) is 2. The lowest BCUT2D eigenvalue weighted by molar-refractivity contribution is 0.111. The van der Waals surface area contributed by atoms with Crippen LogP contribution in [0.25, 0.3) is 0 Å². The highest BCUT2D eigenvalue weighted by molar-refractivity contribution is 5.80. The van der Waals surface area contributed by atoms with Crippen molar-refractivity contribution < 1.29 is 18.7 Å². The molecule has 0 atom stereocenters. The van der Waals surface area contributed by atoms with E-state index in [2.05, 4.69) is 0 Å². The van der Waals surface area contributed by atoms with Crippen LogP contribution >= 0.6 is 0 Å². The zero-order valence-electron chi connectivity index (χ0n) is 8.04. The molecule has 1 aromatic carbocycles. The van der Waals surface area contributed by atoms with Gasteiger partial charge in [-0.05, 0) is 19.1 Å². The van der Waals surface area contributed by atoms with Gasteiger partial charge in [0.25, 0.3) is 0 Å². The Balaban J connectivity index is 3.23. The quantitative estimate of drug-likeness (QED) is 0.694. The van der Waals surface area contributed by atoms with Crippen molar-refractivity contribution in [2.75, 3.05) is 13.7 Å². The first-order valence-electron chi connectivity index (χ1n) is 4.19. The van der Waals surface area contributed by atoms with Crippen LogP contribution in [0, 0.1) is 5.82 Å². The minimum atomic E-state index is -0.640. The number of rotatable bonds is 4. The van der Waals surface area contributed by atoms with E-state index in [1.54, 1.807) is 6.92 Å².